The van der Waals surface area contributed by atoms with Gasteiger partial charge in [0, 0.05) is 17.8 Å². The van der Waals surface area contributed by atoms with E-state index in [1.165, 1.54) is 4.90 Å². The summed E-state index contributed by atoms with van der Waals surface area (Å²) in [6.07, 6.45) is -0.345. The van der Waals surface area contributed by atoms with E-state index in [1.54, 1.807) is 81.6 Å². The van der Waals surface area contributed by atoms with Crippen LogP contribution in [-0.2, 0) is 19.6 Å². The summed E-state index contributed by atoms with van der Waals surface area (Å²) in [6, 6.07) is 15.7. The van der Waals surface area contributed by atoms with Crippen LogP contribution >= 0.6 is 11.6 Å². The number of hydrogen-bond acceptors (Lipinski definition) is 4. The summed E-state index contributed by atoms with van der Waals surface area (Å²) in [7, 11) is -2.62. The molecule has 35 heavy (non-hydrogen) atoms. The Labute approximate surface area is 210 Å². The molecule has 1 N–H and O–H groups in total. The number of carbonyl (C=O) groups excluding carboxylic acids is 2. The number of para-hydroxylation sites is 2. The highest BCUT2D eigenvalue weighted by atomic mass is 35.5. The van der Waals surface area contributed by atoms with Crippen molar-refractivity contribution >= 4 is 50.5 Å². The van der Waals surface area contributed by atoms with E-state index in [0.29, 0.717) is 33.2 Å². The van der Waals surface area contributed by atoms with E-state index in [4.69, 9.17) is 11.6 Å². The van der Waals surface area contributed by atoms with Crippen LogP contribution in [0.15, 0.2) is 65.6 Å². The van der Waals surface area contributed by atoms with Gasteiger partial charge in [0.15, 0.2) is 0 Å². The van der Waals surface area contributed by atoms with E-state index in [-0.39, 0.29) is 11.3 Å². The first-order chi connectivity index (χ1) is 16.5. The molecule has 3 aromatic carbocycles. The van der Waals surface area contributed by atoms with Crippen molar-refractivity contribution in [2.24, 2.45) is 0 Å². The van der Waals surface area contributed by atoms with Gasteiger partial charge < -0.3 is 10.2 Å². The Hall–Kier alpha value is -3.36. The van der Waals surface area contributed by atoms with Gasteiger partial charge in [-0.2, -0.15) is 0 Å². The van der Waals surface area contributed by atoms with Crippen molar-refractivity contribution in [3.63, 3.8) is 0 Å². The lowest BCUT2D eigenvalue weighted by Crippen LogP contribution is -2.53. The molecule has 0 aliphatic carbocycles. The molecule has 0 saturated carbocycles. The van der Waals surface area contributed by atoms with Gasteiger partial charge in [-0.25, -0.2) is 8.42 Å². The van der Waals surface area contributed by atoms with Crippen LogP contribution in [-0.4, -0.2) is 33.3 Å². The third kappa shape index (κ3) is 4.63. The average Bonchev–Trinajstić information content (AvgIpc) is 2.78. The van der Waals surface area contributed by atoms with Crippen LogP contribution in [0.1, 0.15) is 23.1 Å². The second kappa shape index (κ2) is 9.36. The summed E-state index contributed by atoms with van der Waals surface area (Å²) in [5, 5.41) is 3.29. The fourth-order valence-electron chi connectivity index (χ4n) is 4.52. The largest absolute Gasteiger partial charge is 0.322 e. The van der Waals surface area contributed by atoms with E-state index < -0.39 is 27.9 Å². The van der Waals surface area contributed by atoms with Crippen molar-refractivity contribution in [1.29, 1.82) is 0 Å². The summed E-state index contributed by atoms with van der Waals surface area (Å²) in [5.74, 6) is -0.975. The molecule has 1 aliphatic rings. The van der Waals surface area contributed by atoms with Crippen LogP contribution in [0.4, 0.5) is 17.1 Å². The van der Waals surface area contributed by atoms with Gasteiger partial charge in [0.05, 0.1) is 22.7 Å². The SMILES string of the molecule is Cc1cc(C)c(S(=O)(=O)N2c3ccccc3NC(=O)C2CC(=O)N(C)c2ccc(Cl)cc2)c(C)c1. The van der Waals surface area contributed by atoms with Crippen molar-refractivity contribution in [2.75, 3.05) is 21.6 Å². The van der Waals surface area contributed by atoms with E-state index in [0.717, 1.165) is 9.87 Å². The van der Waals surface area contributed by atoms with E-state index in [2.05, 4.69) is 5.32 Å². The van der Waals surface area contributed by atoms with Crippen LogP contribution in [0, 0.1) is 20.8 Å². The molecule has 0 aromatic heterocycles. The minimum atomic E-state index is -4.19. The minimum Gasteiger partial charge on any atom is -0.322 e. The molecular formula is C26H26ClN3O4S. The normalized spacial score (nSPS) is 15.4. The zero-order valence-electron chi connectivity index (χ0n) is 19.9. The Morgan fingerprint density at radius 2 is 1.63 bits per heavy atom. The Morgan fingerprint density at radius 1 is 1.03 bits per heavy atom. The van der Waals surface area contributed by atoms with Crippen LogP contribution in [0.3, 0.4) is 0 Å². The summed E-state index contributed by atoms with van der Waals surface area (Å²) < 4.78 is 29.3. The van der Waals surface area contributed by atoms with Gasteiger partial charge in [0.2, 0.25) is 11.8 Å². The quantitative estimate of drug-likeness (QED) is 0.531. The van der Waals surface area contributed by atoms with Crippen molar-refractivity contribution in [3.05, 3.63) is 82.4 Å². The average molecular weight is 512 g/mol. The van der Waals surface area contributed by atoms with Gasteiger partial charge in [-0.1, -0.05) is 41.4 Å². The van der Waals surface area contributed by atoms with E-state index >= 15 is 0 Å². The number of carbonyl (C=O) groups is 2. The molecule has 0 radical (unpaired) electrons. The lowest BCUT2D eigenvalue weighted by Gasteiger charge is -2.37. The number of halogens is 1. The molecule has 1 atom stereocenters. The third-order valence-corrected chi connectivity index (χ3v) is 8.44. The summed E-state index contributed by atoms with van der Waals surface area (Å²) in [5.41, 5.74) is 3.36. The smallest absolute Gasteiger partial charge is 0.265 e. The maximum Gasteiger partial charge on any atom is 0.265 e. The standard InChI is InChI=1S/C26H26ClN3O4S/c1-16-13-17(2)25(18(3)14-16)35(33,34)30-22-8-6-5-7-21(22)28-26(32)23(30)15-24(31)29(4)20-11-9-19(27)10-12-20/h5-14,23H,15H2,1-4H3,(H,28,32). The number of fused-ring (bicyclic) bond motifs is 1. The molecule has 7 nitrogen and oxygen atoms in total. The maximum absolute atomic E-state index is 14.1. The van der Waals surface area contributed by atoms with Gasteiger partial charge in [-0.3, -0.25) is 13.9 Å². The molecule has 182 valence electrons. The van der Waals surface area contributed by atoms with Crippen molar-refractivity contribution in [1.82, 2.24) is 0 Å². The first-order valence-electron chi connectivity index (χ1n) is 11.0. The second-order valence-electron chi connectivity index (χ2n) is 8.68. The lowest BCUT2D eigenvalue weighted by molar-refractivity contribution is -0.123. The molecular weight excluding hydrogens is 486 g/mol. The minimum absolute atomic E-state index is 0.135. The maximum atomic E-state index is 14.1. The predicted molar refractivity (Wildman–Crippen MR) is 139 cm³/mol. The number of anilines is 3. The van der Waals surface area contributed by atoms with Crippen LogP contribution in [0.5, 0.6) is 0 Å². The van der Waals surface area contributed by atoms with Gasteiger partial charge in [-0.15, -0.1) is 0 Å². The number of nitrogens with zero attached hydrogens (tertiary/aromatic N) is 2. The fraction of sp³-hybridized carbons (Fsp3) is 0.231. The second-order valence-corrected chi connectivity index (χ2v) is 10.9. The Balaban J connectivity index is 1.80. The van der Waals surface area contributed by atoms with Gasteiger partial charge in [0.1, 0.15) is 6.04 Å². The number of amides is 2. The molecule has 1 unspecified atom stereocenters. The number of benzene rings is 3. The summed E-state index contributed by atoms with van der Waals surface area (Å²) >= 11 is 5.95. The lowest BCUT2D eigenvalue weighted by atomic mass is 10.1. The van der Waals surface area contributed by atoms with Gasteiger partial charge >= 0.3 is 0 Å². The molecule has 0 fully saturated rings. The number of sulfonamides is 1. The van der Waals surface area contributed by atoms with E-state index in [9.17, 15) is 18.0 Å². The molecule has 0 bridgehead atoms. The summed E-state index contributed by atoms with van der Waals surface area (Å²) in [6.45, 7) is 5.36. The van der Waals surface area contributed by atoms with Crippen molar-refractivity contribution in [2.45, 2.75) is 38.1 Å². The number of rotatable bonds is 5. The van der Waals surface area contributed by atoms with Crippen LogP contribution < -0.4 is 14.5 Å². The highest BCUT2D eigenvalue weighted by Crippen LogP contribution is 2.39. The molecule has 1 heterocycles. The first kappa shape index (κ1) is 24.8. The van der Waals surface area contributed by atoms with Crippen LogP contribution in [0.2, 0.25) is 5.02 Å². The topological polar surface area (TPSA) is 86.8 Å². The predicted octanol–water partition coefficient (Wildman–Crippen LogP) is 4.83. The van der Waals surface area contributed by atoms with Gasteiger partial charge in [0.25, 0.3) is 10.0 Å². The fourth-order valence-corrected chi connectivity index (χ4v) is 6.70. The molecule has 9 heteroatoms. The molecule has 1 aliphatic heterocycles. The van der Waals surface area contributed by atoms with Crippen molar-refractivity contribution < 1.29 is 18.0 Å². The highest BCUT2D eigenvalue weighted by Gasteiger charge is 2.43. The van der Waals surface area contributed by atoms with E-state index in [1.807, 2.05) is 6.92 Å². The molecule has 0 spiro atoms. The molecule has 0 saturated heterocycles. The number of aryl methyl sites for hydroxylation is 3. The Bertz CT molecular complexity index is 1400. The van der Waals surface area contributed by atoms with Crippen molar-refractivity contribution in [3.8, 4) is 0 Å². The monoisotopic (exact) mass is 511 g/mol. The molecule has 3 aromatic rings. The third-order valence-electron chi connectivity index (χ3n) is 6.06. The van der Waals surface area contributed by atoms with Crippen LogP contribution in [0.25, 0.3) is 0 Å². The Morgan fingerprint density at radius 3 is 2.26 bits per heavy atom. The zero-order valence-corrected chi connectivity index (χ0v) is 21.4. The Kier molecular flexibility index (Phi) is 6.62. The molecule has 2 amide bonds. The first-order valence-corrected chi connectivity index (χ1v) is 12.9. The zero-order chi connectivity index (χ0) is 25.5. The highest BCUT2D eigenvalue weighted by molar-refractivity contribution is 7.93. The number of nitrogens with one attached hydrogen (secondary N) is 1. The van der Waals surface area contributed by atoms with Gasteiger partial charge in [-0.05, 0) is 68.3 Å². The number of hydrogen-bond donors (Lipinski definition) is 1. The molecule has 4 rings (SSSR count). The summed E-state index contributed by atoms with van der Waals surface area (Å²) in [4.78, 5) is 28.0.